The summed E-state index contributed by atoms with van der Waals surface area (Å²) < 4.78 is 0. The number of aromatic nitrogens is 1. The van der Waals surface area contributed by atoms with E-state index in [1.807, 2.05) is 6.07 Å². The Labute approximate surface area is 124 Å². The highest BCUT2D eigenvalue weighted by atomic mass is 35.5. The summed E-state index contributed by atoms with van der Waals surface area (Å²) in [6.45, 7) is 1.75. The Bertz CT molecular complexity index is 529. The molecule has 0 radical (unpaired) electrons. The van der Waals surface area contributed by atoms with Gasteiger partial charge < -0.3 is 4.90 Å². The molecule has 2 rings (SSSR count). The number of hydrogen-bond acceptors (Lipinski definition) is 2. The zero-order valence-electron chi connectivity index (χ0n) is 10.8. The van der Waals surface area contributed by atoms with E-state index in [1.54, 1.807) is 12.3 Å². The Morgan fingerprint density at radius 1 is 1.16 bits per heavy atom. The smallest absolute Gasteiger partial charge is 0.130 e. The summed E-state index contributed by atoms with van der Waals surface area (Å²) in [5.41, 5.74) is 2.34. The molecule has 19 heavy (non-hydrogen) atoms. The van der Waals surface area contributed by atoms with Gasteiger partial charge in [-0.05, 0) is 25.1 Å². The van der Waals surface area contributed by atoms with Crippen molar-refractivity contribution in [3.63, 3.8) is 0 Å². The first-order chi connectivity index (χ1) is 9.15. The van der Waals surface area contributed by atoms with Crippen LogP contribution in [0.15, 0.2) is 42.6 Å². The van der Waals surface area contributed by atoms with Crippen LogP contribution in [0.1, 0.15) is 11.1 Å². The zero-order chi connectivity index (χ0) is 13.7. The summed E-state index contributed by atoms with van der Waals surface area (Å²) in [4.78, 5) is 6.29. The van der Waals surface area contributed by atoms with E-state index >= 15 is 0 Å². The fraction of sp³-hybridized carbons (Fsp3) is 0.267. The Kier molecular flexibility index (Phi) is 5.20. The quantitative estimate of drug-likeness (QED) is 0.773. The minimum atomic E-state index is 0.431. The lowest BCUT2D eigenvalue weighted by atomic mass is 10.1. The molecule has 0 saturated carbocycles. The van der Waals surface area contributed by atoms with E-state index in [4.69, 9.17) is 23.2 Å². The third-order valence-electron chi connectivity index (χ3n) is 2.96. The van der Waals surface area contributed by atoms with Gasteiger partial charge in [0.05, 0.1) is 0 Å². The van der Waals surface area contributed by atoms with Crippen LogP contribution in [-0.2, 0) is 13.0 Å². The largest absolute Gasteiger partial charge is 0.302 e. The van der Waals surface area contributed by atoms with E-state index < -0.39 is 0 Å². The number of nitrogens with zero attached hydrogens (tertiary/aromatic N) is 2. The number of pyridine rings is 1. The van der Waals surface area contributed by atoms with Gasteiger partial charge in [-0.3, -0.25) is 0 Å². The number of likely N-dealkylation sites (N-methyl/N-ethyl adjacent to an activating group) is 1. The van der Waals surface area contributed by atoms with E-state index in [2.05, 4.69) is 41.2 Å². The van der Waals surface area contributed by atoms with Crippen molar-refractivity contribution in [1.82, 2.24) is 9.88 Å². The van der Waals surface area contributed by atoms with Crippen LogP contribution in [0.4, 0.5) is 0 Å². The maximum absolute atomic E-state index is 6.14. The molecule has 2 nitrogen and oxygen atoms in total. The van der Waals surface area contributed by atoms with Gasteiger partial charge in [0.25, 0.3) is 0 Å². The molecule has 0 atom stereocenters. The molecule has 2 aromatic rings. The van der Waals surface area contributed by atoms with Crippen molar-refractivity contribution < 1.29 is 0 Å². The molecule has 1 heterocycles. The third-order valence-corrected chi connectivity index (χ3v) is 3.52. The molecule has 0 aliphatic heterocycles. The van der Waals surface area contributed by atoms with E-state index in [1.165, 1.54) is 5.56 Å². The van der Waals surface area contributed by atoms with E-state index in [9.17, 15) is 0 Å². The number of hydrogen-bond donors (Lipinski definition) is 0. The summed E-state index contributed by atoms with van der Waals surface area (Å²) in [5.74, 6) is 0. The molecule has 0 aliphatic carbocycles. The highest BCUT2D eigenvalue weighted by Crippen LogP contribution is 2.19. The summed E-state index contributed by atoms with van der Waals surface area (Å²) in [7, 11) is 2.08. The molecule has 100 valence electrons. The van der Waals surface area contributed by atoms with Crippen molar-refractivity contribution in [2.45, 2.75) is 13.0 Å². The number of rotatable bonds is 5. The fourth-order valence-electron chi connectivity index (χ4n) is 1.89. The van der Waals surface area contributed by atoms with Crippen LogP contribution in [0.25, 0.3) is 0 Å². The first kappa shape index (κ1) is 14.3. The Morgan fingerprint density at radius 3 is 2.58 bits per heavy atom. The normalized spacial score (nSPS) is 10.9. The average molecular weight is 295 g/mol. The topological polar surface area (TPSA) is 16.1 Å². The van der Waals surface area contributed by atoms with E-state index in [0.717, 1.165) is 25.1 Å². The Hall–Kier alpha value is -1.09. The summed E-state index contributed by atoms with van der Waals surface area (Å²) in [6, 6.07) is 12.1. The zero-order valence-corrected chi connectivity index (χ0v) is 12.3. The van der Waals surface area contributed by atoms with Crippen molar-refractivity contribution in [3.05, 3.63) is 63.9 Å². The predicted molar refractivity (Wildman–Crippen MR) is 80.7 cm³/mol. The Morgan fingerprint density at radius 2 is 1.89 bits per heavy atom. The molecule has 0 fully saturated rings. The third kappa shape index (κ3) is 4.50. The lowest BCUT2D eigenvalue weighted by Crippen LogP contribution is -2.21. The average Bonchev–Trinajstić information content (AvgIpc) is 2.41. The lowest BCUT2D eigenvalue weighted by molar-refractivity contribution is 0.331. The molecule has 0 saturated heterocycles. The van der Waals surface area contributed by atoms with Gasteiger partial charge >= 0.3 is 0 Å². The van der Waals surface area contributed by atoms with Gasteiger partial charge in [-0.15, -0.1) is 0 Å². The molecule has 1 aromatic heterocycles. The van der Waals surface area contributed by atoms with Crippen molar-refractivity contribution in [2.75, 3.05) is 13.6 Å². The monoisotopic (exact) mass is 294 g/mol. The van der Waals surface area contributed by atoms with Crippen molar-refractivity contribution in [3.8, 4) is 0 Å². The highest BCUT2D eigenvalue weighted by molar-refractivity contribution is 6.34. The fourth-order valence-corrected chi connectivity index (χ4v) is 2.31. The van der Waals surface area contributed by atoms with Crippen LogP contribution in [-0.4, -0.2) is 23.5 Å². The van der Waals surface area contributed by atoms with Gasteiger partial charge in [-0.25, -0.2) is 4.98 Å². The molecule has 0 aliphatic rings. The van der Waals surface area contributed by atoms with Crippen molar-refractivity contribution in [2.24, 2.45) is 0 Å². The molecule has 4 heteroatoms. The molecule has 0 amide bonds. The van der Waals surface area contributed by atoms with Gasteiger partial charge in [-0.1, -0.05) is 53.5 Å². The second-order valence-corrected chi connectivity index (χ2v) is 5.37. The number of benzene rings is 1. The van der Waals surface area contributed by atoms with Crippen LogP contribution < -0.4 is 0 Å². The molecule has 0 bridgehead atoms. The first-order valence-corrected chi connectivity index (χ1v) is 6.93. The minimum absolute atomic E-state index is 0.431. The standard InChI is InChI=1S/C15H16Cl2N2/c1-19(8-7-12-5-3-2-4-6-12)11-13-10-18-15(17)9-14(13)16/h2-6,9-10H,7-8,11H2,1H3. The van der Waals surface area contributed by atoms with Crippen molar-refractivity contribution >= 4 is 23.2 Å². The maximum Gasteiger partial charge on any atom is 0.130 e. The molecular weight excluding hydrogens is 279 g/mol. The molecule has 1 aromatic carbocycles. The van der Waals surface area contributed by atoms with Gasteiger partial charge in [-0.2, -0.15) is 0 Å². The second-order valence-electron chi connectivity index (χ2n) is 4.57. The molecule has 0 N–H and O–H groups in total. The SMILES string of the molecule is CN(CCc1ccccc1)Cc1cnc(Cl)cc1Cl. The summed E-state index contributed by atoms with van der Waals surface area (Å²) in [6.07, 6.45) is 2.76. The molecule has 0 spiro atoms. The summed E-state index contributed by atoms with van der Waals surface area (Å²) >= 11 is 11.9. The lowest BCUT2D eigenvalue weighted by Gasteiger charge is -2.17. The van der Waals surface area contributed by atoms with Crippen molar-refractivity contribution in [1.29, 1.82) is 0 Å². The second kappa shape index (κ2) is 6.90. The Balaban J connectivity index is 1.89. The first-order valence-electron chi connectivity index (χ1n) is 6.17. The van der Waals surface area contributed by atoms with Gasteiger partial charge in [0.15, 0.2) is 0 Å². The summed E-state index contributed by atoms with van der Waals surface area (Å²) in [5, 5.41) is 1.10. The van der Waals surface area contributed by atoms with Gasteiger partial charge in [0, 0.05) is 29.9 Å². The van der Waals surface area contributed by atoms with Crippen LogP contribution in [0.5, 0.6) is 0 Å². The molecule has 0 unspecified atom stereocenters. The van der Waals surface area contributed by atoms with Crippen LogP contribution in [0, 0.1) is 0 Å². The number of halogens is 2. The van der Waals surface area contributed by atoms with E-state index in [0.29, 0.717) is 10.2 Å². The van der Waals surface area contributed by atoms with Gasteiger partial charge in [0.1, 0.15) is 5.15 Å². The van der Waals surface area contributed by atoms with Crippen LogP contribution >= 0.6 is 23.2 Å². The van der Waals surface area contributed by atoms with E-state index in [-0.39, 0.29) is 0 Å². The van der Waals surface area contributed by atoms with Crippen LogP contribution in [0.2, 0.25) is 10.2 Å². The van der Waals surface area contributed by atoms with Crippen LogP contribution in [0.3, 0.4) is 0 Å². The predicted octanol–water partition coefficient (Wildman–Crippen LogP) is 4.06. The maximum atomic E-state index is 6.14. The molecular formula is C15H16Cl2N2. The van der Waals surface area contributed by atoms with Gasteiger partial charge in [0.2, 0.25) is 0 Å². The highest BCUT2D eigenvalue weighted by Gasteiger charge is 2.06. The minimum Gasteiger partial charge on any atom is -0.302 e.